The number of nitrogens with one attached hydrogen (secondary N) is 1. The number of piperazine rings is 1. The van der Waals surface area contributed by atoms with Crippen molar-refractivity contribution in [3.05, 3.63) is 42.9 Å². The van der Waals surface area contributed by atoms with Crippen molar-refractivity contribution >= 4 is 27.4 Å². The molecule has 1 aliphatic rings. The molecule has 0 atom stereocenters. The number of anilines is 2. The van der Waals surface area contributed by atoms with Crippen molar-refractivity contribution in [1.82, 2.24) is 19.8 Å². The Morgan fingerprint density at radius 1 is 1.08 bits per heavy atom. The third-order valence-electron chi connectivity index (χ3n) is 6.26. The van der Waals surface area contributed by atoms with Gasteiger partial charge in [0.1, 0.15) is 11.6 Å². The lowest BCUT2D eigenvalue weighted by Gasteiger charge is -2.35. The van der Waals surface area contributed by atoms with E-state index >= 15 is 0 Å². The Hall–Kier alpha value is -2.96. The Kier molecular flexibility index (Phi) is 11.4. The highest BCUT2D eigenvalue weighted by molar-refractivity contribution is 7.89. The molecule has 1 fully saturated rings. The van der Waals surface area contributed by atoms with Crippen molar-refractivity contribution in [2.75, 3.05) is 61.4 Å². The van der Waals surface area contributed by atoms with Crippen LogP contribution in [0, 0.1) is 0 Å². The Balaban J connectivity index is 1.47. The van der Waals surface area contributed by atoms with Crippen molar-refractivity contribution in [2.24, 2.45) is 0 Å². The van der Waals surface area contributed by atoms with Crippen LogP contribution in [0.25, 0.3) is 0 Å². The van der Waals surface area contributed by atoms with Crippen LogP contribution in [0.15, 0.2) is 42.9 Å². The van der Waals surface area contributed by atoms with Gasteiger partial charge in [0.2, 0.25) is 15.9 Å². The lowest BCUT2D eigenvalue weighted by molar-refractivity contribution is -0.129. The molecule has 1 aromatic heterocycles. The third kappa shape index (κ3) is 9.13. The predicted molar refractivity (Wildman–Crippen MR) is 142 cm³/mol. The summed E-state index contributed by atoms with van der Waals surface area (Å²) in [5.41, 5.74) is 2.69. The largest absolute Gasteiger partial charge is 0.494 e. The second-order valence-corrected chi connectivity index (χ2v) is 11.0. The van der Waals surface area contributed by atoms with Crippen molar-refractivity contribution in [3.8, 4) is 5.75 Å². The van der Waals surface area contributed by atoms with Crippen LogP contribution in [0.1, 0.15) is 39.0 Å². The molecule has 37 heavy (non-hydrogen) atoms. The fourth-order valence-electron chi connectivity index (χ4n) is 4.16. The fraction of sp³-hybridized carbons (Fsp3) is 0.560. The van der Waals surface area contributed by atoms with E-state index in [1.165, 1.54) is 0 Å². The molecule has 0 spiro atoms. The predicted octanol–water partition coefficient (Wildman–Crippen LogP) is 2.29. The molecule has 1 aromatic carbocycles. The second kappa shape index (κ2) is 14.7. The molecule has 3 rings (SSSR count). The average Bonchev–Trinajstić information content (AvgIpc) is 2.93. The average molecular weight is 535 g/mol. The van der Waals surface area contributed by atoms with E-state index in [1.54, 1.807) is 28.4 Å². The number of nitrogens with zero attached hydrogens (tertiary/aromatic N) is 5. The highest BCUT2D eigenvalue weighted by Crippen LogP contribution is 2.22. The van der Waals surface area contributed by atoms with E-state index in [4.69, 9.17) is 9.94 Å². The third-order valence-corrected chi connectivity index (χ3v) is 8.22. The van der Waals surface area contributed by atoms with Crippen LogP contribution in [0.3, 0.4) is 0 Å². The molecule has 11 nitrogen and oxygen atoms in total. The SMILES string of the molecule is CCCCOc1ccc(N2CCN(S(=O)(=O)CCCN(CCCC(=O)NO)c3cnccn3)CC2)cc1. The molecule has 0 aliphatic carbocycles. The van der Waals surface area contributed by atoms with Crippen LogP contribution in [-0.2, 0) is 14.8 Å². The summed E-state index contributed by atoms with van der Waals surface area (Å²) in [7, 11) is -3.40. The number of sulfonamides is 1. The number of carbonyl (C=O) groups is 1. The molecule has 1 saturated heterocycles. The quantitative estimate of drug-likeness (QED) is 0.201. The van der Waals surface area contributed by atoms with Gasteiger partial charge in [0.25, 0.3) is 0 Å². The number of amides is 1. The summed E-state index contributed by atoms with van der Waals surface area (Å²) in [4.78, 5) is 23.8. The molecule has 1 aliphatic heterocycles. The van der Waals surface area contributed by atoms with Gasteiger partial charge in [0.15, 0.2) is 0 Å². The lowest BCUT2D eigenvalue weighted by Crippen LogP contribution is -2.49. The van der Waals surface area contributed by atoms with Crippen molar-refractivity contribution < 1.29 is 23.2 Å². The van der Waals surface area contributed by atoms with Crippen LogP contribution < -0.4 is 20.0 Å². The number of benzene rings is 1. The normalized spacial score (nSPS) is 14.4. The van der Waals surface area contributed by atoms with Gasteiger partial charge in [-0.05, 0) is 43.5 Å². The molecule has 2 N–H and O–H groups in total. The van der Waals surface area contributed by atoms with E-state index in [-0.39, 0.29) is 12.2 Å². The highest BCUT2D eigenvalue weighted by Gasteiger charge is 2.27. The Morgan fingerprint density at radius 3 is 2.46 bits per heavy atom. The molecule has 0 unspecified atom stereocenters. The van der Waals surface area contributed by atoms with Gasteiger partial charge < -0.3 is 14.5 Å². The molecule has 12 heteroatoms. The van der Waals surface area contributed by atoms with Crippen molar-refractivity contribution in [2.45, 2.75) is 39.0 Å². The van der Waals surface area contributed by atoms with E-state index in [0.717, 1.165) is 24.3 Å². The Bertz CT molecular complexity index is 1050. The maximum atomic E-state index is 13.0. The maximum absolute atomic E-state index is 13.0. The molecule has 2 aromatic rings. The number of hydrogen-bond acceptors (Lipinski definition) is 9. The molecule has 0 bridgehead atoms. The number of carbonyl (C=O) groups excluding carboxylic acids is 1. The zero-order chi connectivity index (χ0) is 26.5. The van der Waals surface area contributed by atoms with Gasteiger partial charge >= 0.3 is 0 Å². The van der Waals surface area contributed by atoms with Crippen LogP contribution in [0.5, 0.6) is 5.75 Å². The summed E-state index contributed by atoms with van der Waals surface area (Å²) >= 11 is 0. The number of rotatable bonds is 15. The standard InChI is InChI=1S/C25H38N6O5S/c1-2-3-19-36-23-9-7-22(8-10-23)29-15-17-31(18-16-29)37(34,35)20-5-14-30(13-4-6-25(32)28-33)24-21-26-11-12-27-24/h7-12,21,33H,2-6,13-20H2,1H3,(H,28,32). The lowest BCUT2D eigenvalue weighted by atomic mass is 10.2. The van der Waals surface area contributed by atoms with Gasteiger partial charge in [-0.2, -0.15) is 4.31 Å². The molecular formula is C25H38N6O5S. The zero-order valence-electron chi connectivity index (χ0n) is 21.5. The molecule has 2 heterocycles. The minimum Gasteiger partial charge on any atom is -0.494 e. The first kappa shape index (κ1) is 28.6. The number of aromatic nitrogens is 2. The first-order valence-electron chi connectivity index (χ1n) is 12.8. The molecular weight excluding hydrogens is 496 g/mol. The minimum atomic E-state index is -3.40. The van der Waals surface area contributed by atoms with E-state index in [2.05, 4.69) is 21.8 Å². The summed E-state index contributed by atoms with van der Waals surface area (Å²) < 4.78 is 33.3. The molecule has 0 radical (unpaired) electrons. The highest BCUT2D eigenvalue weighted by atomic mass is 32.2. The Morgan fingerprint density at radius 2 is 1.81 bits per heavy atom. The van der Waals surface area contributed by atoms with Crippen molar-refractivity contribution in [3.63, 3.8) is 0 Å². The summed E-state index contributed by atoms with van der Waals surface area (Å²) in [5, 5.41) is 8.69. The van der Waals surface area contributed by atoms with E-state index < -0.39 is 15.9 Å². The summed E-state index contributed by atoms with van der Waals surface area (Å²) in [6.45, 7) is 5.96. The van der Waals surface area contributed by atoms with Gasteiger partial charge in [0, 0.05) is 63.8 Å². The van der Waals surface area contributed by atoms with Crippen LogP contribution in [0.2, 0.25) is 0 Å². The smallest absolute Gasteiger partial charge is 0.243 e. The van der Waals surface area contributed by atoms with E-state index in [9.17, 15) is 13.2 Å². The van der Waals surface area contributed by atoms with Gasteiger partial charge in [0.05, 0.1) is 18.6 Å². The topological polar surface area (TPSA) is 128 Å². The monoisotopic (exact) mass is 534 g/mol. The summed E-state index contributed by atoms with van der Waals surface area (Å²) in [6.07, 6.45) is 7.95. The van der Waals surface area contributed by atoms with Gasteiger partial charge in [-0.25, -0.2) is 18.9 Å². The molecule has 0 saturated carbocycles. The number of hydrogen-bond donors (Lipinski definition) is 2. The van der Waals surface area contributed by atoms with Crippen LogP contribution in [0.4, 0.5) is 11.5 Å². The Labute approximate surface area is 219 Å². The van der Waals surface area contributed by atoms with E-state index in [0.29, 0.717) is 64.5 Å². The minimum absolute atomic E-state index is 0.0324. The maximum Gasteiger partial charge on any atom is 0.243 e. The summed E-state index contributed by atoms with van der Waals surface area (Å²) in [6, 6.07) is 7.98. The van der Waals surface area contributed by atoms with E-state index in [1.807, 2.05) is 29.2 Å². The molecule has 1 amide bonds. The van der Waals surface area contributed by atoms with Crippen LogP contribution in [-0.4, -0.2) is 85.4 Å². The van der Waals surface area contributed by atoms with Crippen molar-refractivity contribution in [1.29, 1.82) is 0 Å². The zero-order valence-corrected chi connectivity index (χ0v) is 22.3. The first-order chi connectivity index (χ1) is 17.9. The van der Waals surface area contributed by atoms with Gasteiger partial charge in [-0.1, -0.05) is 13.3 Å². The number of unbranched alkanes of at least 4 members (excludes halogenated alkanes) is 1. The molecule has 204 valence electrons. The number of hydroxylamine groups is 1. The van der Waals surface area contributed by atoms with Gasteiger partial charge in [-0.15, -0.1) is 0 Å². The first-order valence-corrected chi connectivity index (χ1v) is 14.4. The van der Waals surface area contributed by atoms with Gasteiger partial charge in [-0.3, -0.25) is 15.0 Å². The summed E-state index contributed by atoms with van der Waals surface area (Å²) in [5.74, 6) is 1.05. The van der Waals surface area contributed by atoms with Crippen LogP contribution >= 0.6 is 0 Å². The number of ether oxygens (including phenoxy) is 1. The second-order valence-electron chi connectivity index (χ2n) is 8.94. The fourth-order valence-corrected chi connectivity index (χ4v) is 5.63.